The summed E-state index contributed by atoms with van der Waals surface area (Å²) in [4.78, 5) is 15.3. The van der Waals surface area contributed by atoms with E-state index in [1.165, 1.54) is 12.8 Å². The lowest BCUT2D eigenvalue weighted by molar-refractivity contribution is -0.128. The Bertz CT molecular complexity index is 183. The summed E-state index contributed by atoms with van der Waals surface area (Å²) in [6.45, 7) is 2.90. The van der Waals surface area contributed by atoms with E-state index in [9.17, 15) is 4.79 Å². The zero-order valence-electron chi connectivity index (χ0n) is 11.0. The minimum absolute atomic E-state index is 0.219. The zero-order valence-corrected chi connectivity index (χ0v) is 11.0. The van der Waals surface area contributed by atoms with E-state index in [1.807, 2.05) is 0 Å². The summed E-state index contributed by atoms with van der Waals surface area (Å²) in [5.74, 6) is 0.219. The Balaban J connectivity index is 3.36. The molecule has 1 amide bonds. The van der Waals surface area contributed by atoms with E-state index in [1.54, 1.807) is 19.0 Å². The van der Waals surface area contributed by atoms with E-state index in [0.717, 1.165) is 32.5 Å². The fourth-order valence-corrected chi connectivity index (χ4v) is 1.54. The van der Waals surface area contributed by atoms with Crippen LogP contribution in [0.15, 0.2) is 0 Å². The average molecular weight is 229 g/mol. The minimum atomic E-state index is 0.219. The molecule has 0 spiro atoms. The van der Waals surface area contributed by atoms with E-state index in [-0.39, 0.29) is 5.91 Å². The molecule has 0 unspecified atom stereocenters. The first-order valence-corrected chi connectivity index (χ1v) is 6.16. The number of nitrogens with zero attached hydrogens (tertiary/aromatic N) is 2. The number of rotatable bonds is 9. The molecule has 0 aliphatic carbocycles. The molecule has 0 aromatic heterocycles. The van der Waals surface area contributed by atoms with Crippen LogP contribution in [0.1, 0.15) is 32.1 Å². The fourth-order valence-electron chi connectivity index (χ4n) is 1.54. The van der Waals surface area contributed by atoms with E-state index in [4.69, 9.17) is 5.73 Å². The third kappa shape index (κ3) is 8.68. The largest absolute Gasteiger partial charge is 0.349 e. The van der Waals surface area contributed by atoms with Crippen molar-refractivity contribution in [3.8, 4) is 0 Å². The smallest absolute Gasteiger partial charge is 0.222 e. The zero-order chi connectivity index (χ0) is 12.4. The van der Waals surface area contributed by atoms with Gasteiger partial charge in [0.05, 0.1) is 0 Å². The third-order valence-electron chi connectivity index (χ3n) is 2.67. The Morgan fingerprint density at radius 2 is 1.62 bits per heavy atom. The molecule has 0 radical (unpaired) electrons. The van der Waals surface area contributed by atoms with Crippen LogP contribution in [0.4, 0.5) is 0 Å². The summed E-state index contributed by atoms with van der Waals surface area (Å²) < 4.78 is 0. The van der Waals surface area contributed by atoms with Crippen LogP contribution in [0.5, 0.6) is 0 Å². The van der Waals surface area contributed by atoms with Gasteiger partial charge in [0.2, 0.25) is 5.91 Å². The van der Waals surface area contributed by atoms with Gasteiger partial charge >= 0.3 is 0 Å². The molecule has 0 aliphatic rings. The van der Waals surface area contributed by atoms with Gasteiger partial charge in [0.15, 0.2) is 0 Å². The van der Waals surface area contributed by atoms with Crippen LogP contribution in [0, 0.1) is 0 Å². The highest BCUT2D eigenvalue weighted by atomic mass is 16.2. The van der Waals surface area contributed by atoms with Crippen LogP contribution in [0.25, 0.3) is 0 Å². The van der Waals surface area contributed by atoms with E-state index in [2.05, 4.69) is 11.9 Å². The van der Waals surface area contributed by atoms with Crippen molar-refractivity contribution in [3.63, 3.8) is 0 Å². The Morgan fingerprint density at radius 1 is 1.00 bits per heavy atom. The van der Waals surface area contributed by atoms with Gasteiger partial charge in [0.1, 0.15) is 0 Å². The molecule has 96 valence electrons. The highest BCUT2D eigenvalue weighted by Crippen LogP contribution is 1.99. The van der Waals surface area contributed by atoms with Crippen molar-refractivity contribution in [2.45, 2.75) is 32.1 Å². The first-order valence-electron chi connectivity index (χ1n) is 6.16. The molecule has 0 heterocycles. The monoisotopic (exact) mass is 229 g/mol. The molecular weight excluding hydrogens is 202 g/mol. The number of nitrogens with two attached hydrogens (primary N) is 1. The van der Waals surface area contributed by atoms with Gasteiger partial charge in [-0.25, -0.2) is 0 Å². The van der Waals surface area contributed by atoms with Crippen LogP contribution in [0.2, 0.25) is 0 Å². The summed E-state index contributed by atoms with van der Waals surface area (Å²) in [5, 5.41) is 0. The predicted molar refractivity (Wildman–Crippen MR) is 68.3 cm³/mol. The summed E-state index contributed by atoms with van der Waals surface area (Å²) in [5.41, 5.74) is 5.43. The molecule has 0 aromatic rings. The number of carbonyl (C=O) groups is 1. The van der Waals surface area contributed by atoms with Gasteiger partial charge in [-0.15, -0.1) is 0 Å². The topological polar surface area (TPSA) is 49.6 Å². The maximum atomic E-state index is 11.3. The van der Waals surface area contributed by atoms with Crippen molar-refractivity contribution in [3.05, 3.63) is 0 Å². The van der Waals surface area contributed by atoms with Crippen LogP contribution in [0.3, 0.4) is 0 Å². The minimum Gasteiger partial charge on any atom is -0.349 e. The van der Waals surface area contributed by atoms with E-state index >= 15 is 0 Å². The average Bonchev–Trinajstić information content (AvgIpc) is 2.24. The standard InChI is InChI=1S/C12H27N3O/c1-14(2)12(16)8-7-11-15(3)10-6-4-5-9-13/h4-11,13H2,1-3H3. The summed E-state index contributed by atoms with van der Waals surface area (Å²) in [6, 6.07) is 0. The quantitative estimate of drug-likeness (QED) is 0.598. The molecule has 2 N–H and O–H groups in total. The van der Waals surface area contributed by atoms with Crippen molar-refractivity contribution in [2.75, 3.05) is 40.8 Å². The van der Waals surface area contributed by atoms with Crippen LogP contribution in [-0.2, 0) is 4.79 Å². The number of hydrogen-bond donors (Lipinski definition) is 1. The Kier molecular flexibility index (Phi) is 9.24. The number of hydrogen-bond acceptors (Lipinski definition) is 3. The molecular formula is C12H27N3O. The summed E-state index contributed by atoms with van der Waals surface area (Å²) >= 11 is 0. The van der Waals surface area contributed by atoms with E-state index < -0.39 is 0 Å². The van der Waals surface area contributed by atoms with Crippen LogP contribution in [-0.4, -0.2) is 56.5 Å². The Hall–Kier alpha value is -0.610. The molecule has 4 nitrogen and oxygen atoms in total. The molecule has 0 atom stereocenters. The molecule has 0 rings (SSSR count). The van der Waals surface area contributed by atoms with Gasteiger partial charge in [0.25, 0.3) is 0 Å². The second-order valence-corrected chi connectivity index (χ2v) is 4.54. The summed E-state index contributed by atoms with van der Waals surface area (Å²) in [6.07, 6.45) is 5.13. The second-order valence-electron chi connectivity index (χ2n) is 4.54. The second kappa shape index (κ2) is 9.60. The Morgan fingerprint density at radius 3 is 2.19 bits per heavy atom. The van der Waals surface area contributed by atoms with Crippen molar-refractivity contribution >= 4 is 5.91 Å². The van der Waals surface area contributed by atoms with Gasteiger partial charge in [-0.3, -0.25) is 4.79 Å². The highest BCUT2D eigenvalue weighted by molar-refractivity contribution is 5.75. The van der Waals surface area contributed by atoms with Crippen LogP contribution < -0.4 is 5.73 Å². The Labute approximate surface area is 99.8 Å². The van der Waals surface area contributed by atoms with Gasteiger partial charge in [0, 0.05) is 20.5 Å². The molecule has 0 aliphatic heterocycles. The van der Waals surface area contributed by atoms with Crippen molar-refractivity contribution in [1.82, 2.24) is 9.80 Å². The summed E-state index contributed by atoms with van der Waals surface area (Å²) in [7, 11) is 5.72. The lowest BCUT2D eigenvalue weighted by Gasteiger charge is -2.17. The lowest BCUT2D eigenvalue weighted by Crippen LogP contribution is -2.25. The predicted octanol–water partition coefficient (Wildman–Crippen LogP) is 0.916. The van der Waals surface area contributed by atoms with E-state index in [0.29, 0.717) is 6.42 Å². The number of carbonyl (C=O) groups excluding carboxylic acids is 1. The molecule has 4 heteroatoms. The molecule has 0 bridgehead atoms. The normalized spacial score (nSPS) is 10.8. The maximum Gasteiger partial charge on any atom is 0.222 e. The van der Waals surface area contributed by atoms with Gasteiger partial charge in [-0.1, -0.05) is 6.42 Å². The lowest BCUT2D eigenvalue weighted by atomic mass is 10.2. The van der Waals surface area contributed by atoms with Crippen LogP contribution >= 0.6 is 0 Å². The van der Waals surface area contributed by atoms with Crippen molar-refractivity contribution in [1.29, 1.82) is 0 Å². The van der Waals surface area contributed by atoms with Gasteiger partial charge < -0.3 is 15.5 Å². The molecule has 0 saturated heterocycles. The fraction of sp³-hybridized carbons (Fsp3) is 0.917. The highest BCUT2D eigenvalue weighted by Gasteiger charge is 2.04. The maximum absolute atomic E-state index is 11.3. The van der Waals surface area contributed by atoms with Gasteiger partial charge in [-0.05, 0) is 45.9 Å². The SMILES string of the molecule is CN(CCCCCN)CCCC(=O)N(C)C. The number of unbranched alkanes of at least 4 members (excludes halogenated alkanes) is 2. The number of amides is 1. The first kappa shape index (κ1) is 15.4. The third-order valence-corrected chi connectivity index (χ3v) is 2.67. The molecule has 0 aromatic carbocycles. The first-order chi connectivity index (χ1) is 7.57. The van der Waals surface area contributed by atoms with Crippen molar-refractivity contribution < 1.29 is 4.79 Å². The van der Waals surface area contributed by atoms with Crippen molar-refractivity contribution in [2.24, 2.45) is 5.73 Å². The molecule has 16 heavy (non-hydrogen) atoms. The molecule has 0 saturated carbocycles. The van der Waals surface area contributed by atoms with Gasteiger partial charge in [-0.2, -0.15) is 0 Å². The molecule has 0 fully saturated rings.